The van der Waals surface area contributed by atoms with Crippen molar-refractivity contribution in [3.63, 3.8) is 0 Å². The molecule has 2 amide bonds. The van der Waals surface area contributed by atoms with E-state index in [4.69, 9.17) is 4.74 Å². The summed E-state index contributed by atoms with van der Waals surface area (Å²) in [4.78, 5) is 32.6. The zero-order valence-corrected chi connectivity index (χ0v) is 18.7. The Morgan fingerprint density at radius 2 is 1.75 bits per heavy atom. The van der Waals surface area contributed by atoms with E-state index in [1.807, 2.05) is 55.5 Å². The van der Waals surface area contributed by atoms with E-state index in [2.05, 4.69) is 10.3 Å². The first-order chi connectivity index (χ1) is 15.6. The Bertz CT molecular complexity index is 1080. The maximum absolute atomic E-state index is 12.8. The van der Waals surface area contributed by atoms with Crippen LogP contribution in [0.2, 0.25) is 0 Å². The smallest absolute Gasteiger partial charge is 0.254 e. The maximum atomic E-state index is 12.8. The summed E-state index contributed by atoms with van der Waals surface area (Å²) >= 11 is 1.47. The first-order valence-electron chi connectivity index (χ1n) is 10.5. The molecule has 1 saturated heterocycles. The molecule has 2 heterocycles. The molecule has 4 rings (SSSR count). The van der Waals surface area contributed by atoms with Crippen LogP contribution in [-0.4, -0.2) is 48.0 Å². The van der Waals surface area contributed by atoms with Crippen LogP contribution in [0.1, 0.15) is 31.8 Å². The Labute approximate surface area is 192 Å². The van der Waals surface area contributed by atoms with E-state index in [0.29, 0.717) is 49.0 Å². The van der Waals surface area contributed by atoms with Crippen molar-refractivity contribution in [2.75, 3.05) is 26.3 Å². The fourth-order valence-electron chi connectivity index (χ4n) is 3.35. The van der Waals surface area contributed by atoms with Crippen molar-refractivity contribution in [2.45, 2.75) is 23.4 Å². The van der Waals surface area contributed by atoms with Crippen molar-refractivity contribution in [2.24, 2.45) is 0 Å². The molecule has 164 valence electrons. The number of nitrogens with one attached hydrogen (secondary N) is 1. The molecule has 32 heavy (non-hydrogen) atoms. The minimum absolute atomic E-state index is 0.0111. The number of ether oxygens (including phenoxy) is 1. The number of carbonyl (C=O) groups is 2. The Balaban J connectivity index is 1.37. The van der Waals surface area contributed by atoms with Gasteiger partial charge in [-0.3, -0.25) is 9.59 Å². The molecule has 7 heteroatoms. The highest BCUT2D eigenvalue weighted by molar-refractivity contribution is 7.99. The third-order valence-electron chi connectivity index (χ3n) is 5.20. The van der Waals surface area contributed by atoms with Gasteiger partial charge in [-0.1, -0.05) is 41.6 Å². The molecule has 0 spiro atoms. The van der Waals surface area contributed by atoms with Crippen LogP contribution >= 0.6 is 11.8 Å². The second-order valence-corrected chi connectivity index (χ2v) is 8.62. The Kier molecular flexibility index (Phi) is 7.19. The summed E-state index contributed by atoms with van der Waals surface area (Å²) in [7, 11) is 0. The first-order valence-corrected chi connectivity index (χ1v) is 11.4. The predicted molar refractivity (Wildman–Crippen MR) is 124 cm³/mol. The summed E-state index contributed by atoms with van der Waals surface area (Å²) in [6.07, 6.45) is 1.69. The summed E-state index contributed by atoms with van der Waals surface area (Å²) in [5.74, 6) is -0.168. The Hall–Kier alpha value is -3.16. The van der Waals surface area contributed by atoms with Crippen LogP contribution in [0.15, 0.2) is 76.8 Å². The normalized spacial score (nSPS) is 13.6. The molecule has 3 aromatic rings. The summed E-state index contributed by atoms with van der Waals surface area (Å²) in [6.45, 7) is 4.80. The maximum Gasteiger partial charge on any atom is 0.254 e. The number of nitrogens with zero attached hydrogens (tertiary/aromatic N) is 2. The number of pyridine rings is 1. The van der Waals surface area contributed by atoms with Gasteiger partial charge in [0, 0.05) is 36.3 Å². The highest BCUT2D eigenvalue weighted by Crippen LogP contribution is 2.28. The molecule has 1 N–H and O–H groups in total. The van der Waals surface area contributed by atoms with Crippen molar-refractivity contribution < 1.29 is 14.3 Å². The lowest BCUT2D eigenvalue weighted by Gasteiger charge is -2.26. The molecule has 0 bridgehead atoms. The lowest BCUT2D eigenvalue weighted by atomic mass is 10.1. The van der Waals surface area contributed by atoms with Crippen molar-refractivity contribution in [3.8, 4) is 0 Å². The second-order valence-electron chi connectivity index (χ2n) is 7.56. The van der Waals surface area contributed by atoms with Gasteiger partial charge in [0.05, 0.1) is 18.8 Å². The van der Waals surface area contributed by atoms with Crippen molar-refractivity contribution in [3.05, 3.63) is 89.1 Å². The van der Waals surface area contributed by atoms with E-state index in [-0.39, 0.29) is 11.8 Å². The molecule has 1 aromatic heterocycles. The molecule has 1 fully saturated rings. The molecule has 6 nitrogen and oxygen atoms in total. The lowest BCUT2D eigenvalue weighted by molar-refractivity contribution is 0.0303. The molecule has 0 saturated carbocycles. The molecular formula is C25H25N3O3S. The van der Waals surface area contributed by atoms with Crippen LogP contribution in [0.25, 0.3) is 0 Å². The number of aryl methyl sites for hydroxylation is 1. The number of rotatable bonds is 6. The Morgan fingerprint density at radius 3 is 2.47 bits per heavy atom. The van der Waals surface area contributed by atoms with Gasteiger partial charge in [-0.2, -0.15) is 0 Å². The van der Waals surface area contributed by atoms with Gasteiger partial charge in [-0.25, -0.2) is 4.98 Å². The highest BCUT2D eigenvalue weighted by atomic mass is 32.2. The molecule has 0 atom stereocenters. The summed E-state index contributed by atoms with van der Waals surface area (Å²) in [6, 6.07) is 19.0. The van der Waals surface area contributed by atoms with E-state index in [1.165, 1.54) is 17.3 Å². The van der Waals surface area contributed by atoms with Crippen LogP contribution in [0.4, 0.5) is 0 Å². The fourth-order valence-corrected chi connectivity index (χ4v) is 4.23. The highest BCUT2D eigenvalue weighted by Gasteiger charge is 2.18. The molecule has 1 aliphatic rings. The number of benzene rings is 2. The van der Waals surface area contributed by atoms with Gasteiger partial charge in [-0.05, 0) is 48.9 Å². The van der Waals surface area contributed by atoms with E-state index in [0.717, 1.165) is 10.5 Å². The third-order valence-corrected chi connectivity index (χ3v) is 6.23. The van der Waals surface area contributed by atoms with Gasteiger partial charge in [0.1, 0.15) is 5.03 Å². The SMILES string of the molecule is Cc1ccc(Sc2ncccc2C(=O)NCc2ccc(C(=O)N3CCOCC3)cc2)cc1. The Morgan fingerprint density at radius 1 is 1.03 bits per heavy atom. The van der Waals surface area contributed by atoms with Crippen molar-refractivity contribution in [1.29, 1.82) is 0 Å². The number of hydrogen-bond acceptors (Lipinski definition) is 5. The lowest BCUT2D eigenvalue weighted by Crippen LogP contribution is -2.40. The summed E-state index contributed by atoms with van der Waals surface area (Å²) < 4.78 is 5.30. The predicted octanol–water partition coefficient (Wildman–Crippen LogP) is 3.94. The van der Waals surface area contributed by atoms with Crippen LogP contribution in [0, 0.1) is 6.92 Å². The topological polar surface area (TPSA) is 71.5 Å². The van der Waals surface area contributed by atoms with Crippen LogP contribution in [0.3, 0.4) is 0 Å². The van der Waals surface area contributed by atoms with Crippen LogP contribution in [0.5, 0.6) is 0 Å². The van der Waals surface area contributed by atoms with Gasteiger partial charge in [-0.15, -0.1) is 0 Å². The van der Waals surface area contributed by atoms with Crippen molar-refractivity contribution in [1.82, 2.24) is 15.2 Å². The largest absolute Gasteiger partial charge is 0.378 e. The zero-order chi connectivity index (χ0) is 22.3. The van der Waals surface area contributed by atoms with Gasteiger partial charge >= 0.3 is 0 Å². The number of amides is 2. The molecular weight excluding hydrogens is 422 g/mol. The van der Waals surface area contributed by atoms with E-state index in [1.54, 1.807) is 23.2 Å². The number of carbonyl (C=O) groups excluding carboxylic acids is 2. The third kappa shape index (κ3) is 5.55. The average molecular weight is 448 g/mol. The van der Waals surface area contributed by atoms with Gasteiger partial charge < -0.3 is 15.0 Å². The molecule has 0 radical (unpaired) electrons. The first kappa shape index (κ1) is 22.0. The summed E-state index contributed by atoms with van der Waals surface area (Å²) in [5.41, 5.74) is 3.29. The van der Waals surface area contributed by atoms with Crippen molar-refractivity contribution >= 4 is 23.6 Å². The zero-order valence-electron chi connectivity index (χ0n) is 17.9. The number of hydrogen-bond donors (Lipinski definition) is 1. The molecule has 0 unspecified atom stereocenters. The van der Waals surface area contributed by atoms with E-state index < -0.39 is 0 Å². The molecule has 2 aromatic carbocycles. The van der Waals surface area contributed by atoms with Gasteiger partial charge in [0.2, 0.25) is 0 Å². The monoisotopic (exact) mass is 447 g/mol. The second kappa shape index (κ2) is 10.4. The van der Waals surface area contributed by atoms with E-state index >= 15 is 0 Å². The number of aromatic nitrogens is 1. The van der Waals surface area contributed by atoms with Crippen LogP contribution in [-0.2, 0) is 11.3 Å². The minimum atomic E-state index is -0.179. The number of morpholine rings is 1. The standard InChI is InChI=1S/C25H25N3O3S/c1-18-4-10-21(11-5-18)32-24-22(3-2-12-26-24)23(29)27-17-19-6-8-20(9-7-19)25(30)28-13-15-31-16-14-28/h2-12H,13-17H2,1H3,(H,27,29). The molecule has 0 aliphatic carbocycles. The summed E-state index contributed by atoms with van der Waals surface area (Å²) in [5, 5.41) is 3.63. The quantitative estimate of drug-likeness (QED) is 0.620. The van der Waals surface area contributed by atoms with Gasteiger partial charge in [0.15, 0.2) is 0 Å². The van der Waals surface area contributed by atoms with Gasteiger partial charge in [0.25, 0.3) is 11.8 Å². The van der Waals surface area contributed by atoms with Crippen LogP contribution < -0.4 is 5.32 Å². The molecule has 1 aliphatic heterocycles. The fraction of sp³-hybridized carbons (Fsp3) is 0.240. The average Bonchev–Trinajstić information content (AvgIpc) is 2.85. The minimum Gasteiger partial charge on any atom is -0.378 e. The van der Waals surface area contributed by atoms with E-state index in [9.17, 15) is 9.59 Å².